The van der Waals surface area contributed by atoms with E-state index in [0.29, 0.717) is 30.5 Å². The number of hydrogen-bond acceptors (Lipinski definition) is 6. The van der Waals surface area contributed by atoms with E-state index in [0.717, 1.165) is 22.4 Å². The number of piperidine rings is 1. The summed E-state index contributed by atoms with van der Waals surface area (Å²) in [6.45, 7) is 0.687. The van der Waals surface area contributed by atoms with Crippen molar-refractivity contribution in [2.75, 3.05) is 30.3 Å². The van der Waals surface area contributed by atoms with Gasteiger partial charge in [-0.25, -0.2) is 22.9 Å². The number of pyridine rings is 2. The molecule has 0 atom stereocenters. The first-order valence-electron chi connectivity index (χ1n) is 10.3. The Bertz CT molecular complexity index is 1480. The van der Waals surface area contributed by atoms with Gasteiger partial charge in [0.15, 0.2) is 23.3 Å². The molecule has 35 heavy (non-hydrogen) atoms. The number of aromatic carboxylic acids is 1. The maximum atomic E-state index is 15.4. The lowest BCUT2D eigenvalue weighted by Gasteiger charge is -2.32. The van der Waals surface area contributed by atoms with Gasteiger partial charge in [-0.2, -0.15) is 0 Å². The molecule has 3 aromatic rings. The minimum Gasteiger partial charge on any atom is -0.477 e. The number of rotatable bonds is 4. The van der Waals surface area contributed by atoms with Crippen LogP contribution in [0.5, 0.6) is 0 Å². The number of fused-ring (bicyclic) bond motifs is 1. The molecule has 1 saturated heterocycles. The number of carboxylic acids is 1. The quantitative estimate of drug-likeness (QED) is 0.470. The number of nitrogens with zero attached hydrogens (tertiary/aromatic N) is 3. The third-order valence-corrected chi connectivity index (χ3v) is 6.50. The topological polar surface area (TPSA) is 127 Å². The van der Waals surface area contributed by atoms with Gasteiger partial charge in [-0.05, 0) is 24.5 Å². The Morgan fingerprint density at radius 2 is 1.91 bits per heavy atom. The van der Waals surface area contributed by atoms with E-state index in [-0.39, 0.29) is 29.3 Å². The fourth-order valence-corrected chi connectivity index (χ4v) is 4.64. The molecule has 13 heteroatoms. The van der Waals surface area contributed by atoms with Gasteiger partial charge in [0.2, 0.25) is 5.43 Å². The van der Waals surface area contributed by atoms with Gasteiger partial charge in [0.1, 0.15) is 11.4 Å². The van der Waals surface area contributed by atoms with Gasteiger partial charge in [-0.3, -0.25) is 9.36 Å². The van der Waals surface area contributed by atoms with Gasteiger partial charge in [-0.1, -0.05) is 23.2 Å². The van der Waals surface area contributed by atoms with Crippen LogP contribution in [-0.2, 0) is 0 Å². The molecule has 8 nitrogen and oxygen atoms in total. The lowest BCUT2D eigenvalue weighted by atomic mass is 10.0. The first-order chi connectivity index (χ1) is 16.5. The molecule has 4 rings (SSSR count). The average Bonchev–Trinajstić information content (AvgIpc) is 2.81. The summed E-state index contributed by atoms with van der Waals surface area (Å²) in [7, 11) is 0. The molecule has 0 unspecified atom stereocenters. The van der Waals surface area contributed by atoms with Gasteiger partial charge < -0.3 is 21.5 Å². The van der Waals surface area contributed by atoms with Crippen molar-refractivity contribution >= 4 is 51.6 Å². The molecule has 184 valence electrons. The van der Waals surface area contributed by atoms with Gasteiger partial charge in [-0.15, -0.1) is 0 Å². The van der Waals surface area contributed by atoms with Gasteiger partial charge in [0.25, 0.3) is 0 Å². The summed E-state index contributed by atoms with van der Waals surface area (Å²) in [6.07, 6.45) is 2.04. The fraction of sp³-hybridized carbons (Fsp3) is 0.227. The maximum Gasteiger partial charge on any atom is 0.341 e. The van der Waals surface area contributed by atoms with E-state index >= 15 is 4.39 Å². The van der Waals surface area contributed by atoms with E-state index in [1.165, 1.54) is 0 Å². The van der Waals surface area contributed by atoms with Crippen LogP contribution < -0.4 is 21.8 Å². The molecule has 1 fully saturated rings. The van der Waals surface area contributed by atoms with Crippen LogP contribution in [0.3, 0.4) is 0 Å². The number of benzene rings is 1. The molecule has 0 bridgehead atoms. The number of aromatic nitrogens is 2. The molecular weight excluding hydrogens is 510 g/mol. The molecule has 1 aliphatic heterocycles. The highest BCUT2D eigenvalue weighted by Crippen LogP contribution is 2.39. The predicted octanol–water partition coefficient (Wildman–Crippen LogP) is 3.79. The van der Waals surface area contributed by atoms with Crippen molar-refractivity contribution in [2.24, 2.45) is 5.73 Å². The van der Waals surface area contributed by atoms with Crippen molar-refractivity contribution in [1.29, 1.82) is 0 Å². The van der Waals surface area contributed by atoms with Crippen molar-refractivity contribution < 1.29 is 23.1 Å². The number of carbonyl (C=O) groups is 1. The molecule has 5 N–H and O–H groups in total. The Balaban J connectivity index is 2.07. The van der Waals surface area contributed by atoms with Crippen molar-refractivity contribution in [3.63, 3.8) is 0 Å². The van der Waals surface area contributed by atoms with E-state index < -0.39 is 51.4 Å². The minimum absolute atomic E-state index is 0.104. The van der Waals surface area contributed by atoms with Crippen molar-refractivity contribution in [3.8, 4) is 5.82 Å². The van der Waals surface area contributed by atoms with Crippen LogP contribution in [0, 0.1) is 17.5 Å². The first kappa shape index (κ1) is 24.8. The molecule has 1 aromatic carbocycles. The lowest BCUT2D eigenvalue weighted by molar-refractivity contribution is 0.0695. The lowest BCUT2D eigenvalue weighted by Crippen LogP contribution is -2.33. The third kappa shape index (κ3) is 4.30. The summed E-state index contributed by atoms with van der Waals surface area (Å²) in [5, 5.41) is 9.18. The SMILES string of the molecule is NC/C(Cl)=C1\CCCN(c2c(F)cc3c(=O)c(C(=O)O)cn(-c4nc(N)c(F)cc4F)c3c2Cl)C1. The second-order valence-electron chi connectivity index (χ2n) is 7.86. The summed E-state index contributed by atoms with van der Waals surface area (Å²) >= 11 is 12.8. The molecule has 2 aromatic heterocycles. The Morgan fingerprint density at radius 3 is 2.57 bits per heavy atom. The van der Waals surface area contributed by atoms with Crippen molar-refractivity contribution in [2.45, 2.75) is 12.8 Å². The molecule has 0 radical (unpaired) electrons. The van der Waals surface area contributed by atoms with Gasteiger partial charge in [0.05, 0.1) is 21.6 Å². The standard InChI is InChI=1S/C22H18Cl2F3N5O3/c23-12(6-28)9-2-1-3-31(7-9)18-13(25)4-10-17(16(18)24)32(8-11(19(10)33)22(34)35)21-15(27)5-14(26)20(29)30-21/h4-5,8H,1-3,6-7,28H2,(H2,29,30)(H,34,35)/b12-9-. The maximum absolute atomic E-state index is 15.4. The molecule has 1 aliphatic rings. The van der Waals surface area contributed by atoms with Crippen molar-refractivity contribution in [3.05, 3.63) is 67.2 Å². The molecule has 0 saturated carbocycles. The van der Waals surface area contributed by atoms with Gasteiger partial charge >= 0.3 is 5.97 Å². The zero-order chi connectivity index (χ0) is 25.6. The third-order valence-electron chi connectivity index (χ3n) is 5.72. The van der Waals surface area contributed by atoms with E-state index in [1.54, 1.807) is 4.90 Å². The second-order valence-corrected chi connectivity index (χ2v) is 8.70. The fourth-order valence-electron chi connectivity index (χ4n) is 4.08. The normalized spacial score (nSPS) is 15.5. The van der Waals surface area contributed by atoms with E-state index in [1.807, 2.05) is 0 Å². The van der Waals surface area contributed by atoms with Crippen molar-refractivity contribution in [1.82, 2.24) is 9.55 Å². The average molecular weight is 528 g/mol. The number of nitrogen functional groups attached to an aromatic ring is 1. The number of anilines is 2. The summed E-state index contributed by atoms with van der Waals surface area (Å²) in [6, 6.07) is 1.28. The van der Waals surface area contributed by atoms with E-state index in [4.69, 9.17) is 34.7 Å². The molecule has 0 amide bonds. The predicted molar refractivity (Wildman–Crippen MR) is 127 cm³/mol. The number of carboxylic acid groups (broad SMARTS) is 1. The Kier molecular flexibility index (Phi) is 6.67. The van der Waals surface area contributed by atoms with Crippen LogP contribution in [0.4, 0.5) is 24.7 Å². The zero-order valence-corrected chi connectivity index (χ0v) is 19.4. The molecule has 3 heterocycles. The van der Waals surface area contributed by atoms with Gasteiger partial charge in [0, 0.05) is 36.9 Å². The zero-order valence-electron chi connectivity index (χ0n) is 17.9. The van der Waals surface area contributed by atoms with Crippen LogP contribution in [0.2, 0.25) is 5.02 Å². The second kappa shape index (κ2) is 9.40. The number of nitrogens with two attached hydrogens (primary N) is 2. The molecular formula is C22H18Cl2F3N5O3. The van der Waals surface area contributed by atoms with Crippen LogP contribution in [0.15, 0.2) is 33.7 Å². The highest BCUT2D eigenvalue weighted by atomic mass is 35.5. The Hall–Kier alpha value is -3.28. The molecule has 0 aliphatic carbocycles. The van der Waals surface area contributed by atoms with Crippen LogP contribution in [-0.4, -0.2) is 40.3 Å². The summed E-state index contributed by atoms with van der Waals surface area (Å²) < 4.78 is 44.7. The smallest absolute Gasteiger partial charge is 0.341 e. The Labute approximate surface area is 206 Å². The number of halogens is 5. The van der Waals surface area contributed by atoms with E-state index in [2.05, 4.69) is 4.98 Å². The van der Waals surface area contributed by atoms with Crippen LogP contribution >= 0.6 is 23.2 Å². The molecule has 0 spiro atoms. The monoisotopic (exact) mass is 527 g/mol. The summed E-state index contributed by atoms with van der Waals surface area (Å²) in [5.41, 5.74) is 9.72. The van der Waals surface area contributed by atoms with Crippen LogP contribution in [0.25, 0.3) is 16.7 Å². The minimum atomic E-state index is -1.65. The number of hydrogen-bond donors (Lipinski definition) is 3. The first-order valence-corrected chi connectivity index (χ1v) is 11.0. The Morgan fingerprint density at radius 1 is 1.20 bits per heavy atom. The highest BCUT2D eigenvalue weighted by Gasteiger charge is 2.28. The largest absolute Gasteiger partial charge is 0.477 e. The van der Waals surface area contributed by atoms with Crippen LogP contribution in [0.1, 0.15) is 23.2 Å². The van der Waals surface area contributed by atoms with E-state index in [9.17, 15) is 23.5 Å². The summed E-state index contributed by atoms with van der Waals surface area (Å²) in [5.74, 6) is -6.20. The highest BCUT2D eigenvalue weighted by molar-refractivity contribution is 6.38. The summed E-state index contributed by atoms with van der Waals surface area (Å²) in [4.78, 5) is 29.8.